The van der Waals surface area contributed by atoms with Crippen LogP contribution in [0.3, 0.4) is 0 Å². The van der Waals surface area contributed by atoms with Gasteiger partial charge in [0.15, 0.2) is 0 Å². The van der Waals surface area contributed by atoms with Gasteiger partial charge >= 0.3 is 0 Å². The molecule has 2 rings (SSSR count). The SMILES string of the molecule is CCCOCC(=O)N1CCC(C2CCCN2)CC1.Cl. The summed E-state index contributed by atoms with van der Waals surface area (Å²) >= 11 is 0. The van der Waals surface area contributed by atoms with Crippen molar-refractivity contribution in [2.24, 2.45) is 5.92 Å². The van der Waals surface area contributed by atoms with E-state index in [1.807, 2.05) is 4.90 Å². The standard InChI is InChI=1S/C14H26N2O2.ClH/c1-2-10-18-11-14(17)16-8-5-12(6-9-16)13-4-3-7-15-13;/h12-13,15H,2-11H2,1H3;1H. The van der Waals surface area contributed by atoms with Crippen LogP contribution in [-0.2, 0) is 9.53 Å². The number of hydrogen-bond donors (Lipinski definition) is 1. The second kappa shape index (κ2) is 8.77. The van der Waals surface area contributed by atoms with E-state index in [0.29, 0.717) is 12.6 Å². The lowest BCUT2D eigenvalue weighted by Gasteiger charge is -2.34. The number of ether oxygens (including phenoxy) is 1. The summed E-state index contributed by atoms with van der Waals surface area (Å²) in [6.45, 7) is 6.02. The van der Waals surface area contributed by atoms with Crippen LogP contribution in [0.1, 0.15) is 39.0 Å². The summed E-state index contributed by atoms with van der Waals surface area (Å²) in [5.74, 6) is 0.939. The lowest BCUT2D eigenvalue weighted by Crippen LogP contribution is -2.44. The van der Waals surface area contributed by atoms with Crippen LogP contribution in [0.4, 0.5) is 0 Å². The Hall–Kier alpha value is -0.320. The van der Waals surface area contributed by atoms with Crippen LogP contribution < -0.4 is 5.32 Å². The quantitative estimate of drug-likeness (QED) is 0.786. The Morgan fingerprint density at radius 2 is 2.05 bits per heavy atom. The molecule has 2 aliphatic heterocycles. The van der Waals surface area contributed by atoms with Gasteiger partial charge in [-0.1, -0.05) is 6.92 Å². The minimum atomic E-state index is 0. The molecule has 112 valence electrons. The second-order valence-electron chi connectivity index (χ2n) is 5.47. The van der Waals surface area contributed by atoms with E-state index in [1.165, 1.54) is 19.4 Å². The Kier molecular flexibility index (Phi) is 7.73. The third-order valence-corrected chi connectivity index (χ3v) is 4.13. The highest BCUT2D eigenvalue weighted by atomic mass is 35.5. The average Bonchev–Trinajstić information content (AvgIpc) is 2.93. The Labute approximate surface area is 122 Å². The molecule has 2 saturated heterocycles. The van der Waals surface area contributed by atoms with Crippen LogP contribution in [0, 0.1) is 5.92 Å². The fourth-order valence-corrected chi connectivity index (χ4v) is 3.06. The van der Waals surface area contributed by atoms with Crippen molar-refractivity contribution in [3.8, 4) is 0 Å². The molecule has 0 aromatic carbocycles. The molecule has 0 spiro atoms. The van der Waals surface area contributed by atoms with Crippen molar-refractivity contribution in [2.45, 2.75) is 45.1 Å². The molecular formula is C14H27ClN2O2. The normalized spacial score (nSPS) is 24.3. The summed E-state index contributed by atoms with van der Waals surface area (Å²) in [5.41, 5.74) is 0. The number of rotatable bonds is 5. The van der Waals surface area contributed by atoms with Crippen molar-refractivity contribution in [2.75, 3.05) is 32.8 Å². The van der Waals surface area contributed by atoms with Gasteiger partial charge in [-0.25, -0.2) is 0 Å². The highest BCUT2D eigenvalue weighted by Gasteiger charge is 2.29. The first-order valence-electron chi connectivity index (χ1n) is 7.40. The van der Waals surface area contributed by atoms with Gasteiger partial charge in [0.25, 0.3) is 0 Å². The molecule has 5 heteroatoms. The third kappa shape index (κ3) is 4.93. The van der Waals surface area contributed by atoms with Gasteiger partial charge in [-0.05, 0) is 44.6 Å². The first-order valence-corrected chi connectivity index (χ1v) is 7.40. The lowest BCUT2D eigenvalue weighted by molar-refractivity contribution is -0.137. The summed E-state index contributed by atoms with van der Waals surface area (Å²) in [6.07, 6.45) is 5.91. The summed E-state index contributed by atoms with van der Waals surface area (Å²) in [4.78, 5) is 13.9. The van der Waals surface area contributed by atoms with Gasteiger partial charge in [0.1, 0.15) is 6.61 Å². The number of carbonyl (C=O) groups excluding carboxylic acids is 1. The first kappa shape index (κ1) is 16.7. The van der Waals surface area contributed by atoms with Gasteiger partial charge < -0.3 is 15.0 Å². The molecule has 0 saturated carbocycles. The molecule has 4 nitrogen and oxygen atoms in total. The van der Waals surface area contributed by atoms with Crippen LogP contribution in [-0.4, -0.2) is 49.7 Å². The Bertz CT molecular complexity index is 262. The maximum Gasteiger partial charge on any atom is 0.248 e. The molecule has 19 heavy (non-hydrogen) atoms. The number of nitrogens with zero attached hydrogens (tertiary/aromatic N) is 1. The fraction of sp³-hybridized carbons (Fsp3) is 0.929. The van der Waals surface area contributed by atoms with E-state index >= 15 is 0 Å². The molecule has 0 aromatic rings. The number of nitrogens with one attached hydrogen (secondary N) is 1. The van der Waals surface area contributed by atoms with E-state index in [-0.39, 0.29) is 24.9 Å². The van der Waals surface area contributed by atoms with Crippen molar-refractivity contribution < 1.29 is 9.53 Å². The third-order valence-electron chi connectivity index (χ3n) is 4.13. The van der Waals surface area contributed by atoms with Gasteiger partial charge in [0, 0.05) is 25.7 Å². The number of likely N-dealkylation sites (tertiary alicyclic amines) is 1. The summed E-state index contributed by atoms with van der Waals surface area (Å²) in [6, 6.07) is 0.707. The number of halogens is 1. The van der Waals surface area contributed by atoms with Crippen molar-refractivity contribution in [1.82, 2.24) is 10.2 Å². The van der Waals surface area contributed by atoms with Gasteiger partial charge in [-0.3, -0.25) is 4.79 Å². The predicted molar refractivity (Wildman–Crippen MR) is 78.7 cm³/mol. The minimum Gasteiger partial charge on any atom is -0.372 e. The van der Waals surface area contributed by atoms with Crippen LogP contribution in [0.25, 0.3) is 0 Å². The Balaban J connectivity index is 0.00000180. The smallest absolute Gasteiger partial charge is 0.248 e. The van der Waals surface area contributed by atoms with Crippen molar-refractivity contribution >= 4 is 18.3 Å². The molecule has 1 atom stereocenters. The largest absolute Gasteiger partial charge is 0.372 e. The lowest BCUT2D eigenvalue weighted by atomic mass is 9.88. The fourth-order valence-electron chi connectivity index (χ4n) is 3.06. The highest BCUT2D eigenvalue weighted by molar-refractivity contribution is 5.85. The molecule has 0 aromatic heterocycles. The predicted octanol–water partition coefficient (Wildman–Crippen LogP) is 1.83. The van der Waals surface area contributed by atoms with E-state index in [9.17, 15) is 4.79 Å². The molecule has 0 bridgehead atoms. The van der Waals surface area contributed by atoms with Gasteiger partial charge in [-0.2, -0.15) is 0 Å². The van der Waals surface area contributed by atoms with Crippen molar-refractivity contribution in [3.63, 3.8) is 0 Å². The van der Waals surface area contributed by atoms with Crippen LogP contribution in [0.2, 0.25) is 0 Å². The first-order chi connectivity index (χ1) is 8.81. The van der Waals surface area contributed by atoms with E-state index in [1.54, 1.807) is 0 Å². The monoisotopic (exact) mass is 290 g/mol. The second-order valence-corrected chi connectivity index (χ2v) is 5.47. The van der Waals surface area contributed by atoms with Crippen LogP contribution in [0.5, 0.6) is 0 Å². The average molecular weight is 291 g/mol. The van der Waals surface area contributed by atoms with E-state index in [0.717, 1.165) is 38.3 Å². The zero-order valence-corrected chi connectivity index (χ0v) is 12.7. The zero-order chi connectivity index (χ0) is 12.8. The van der Waals surface area contributed by atoms with E-state index in [4.69, 9.17) is 4.74 Å². The molecule has 2 fully saturated rings. The summed E-state index contributed by atoms with van der Waals surface area (Å²) in [7, 11) is 0. The summed E-state index contributed by atoms with van der Waals surface area (Å²) < 4.78 is 5.32. The molecule has 0 radical (unpaired) electrons. The van der Waals surface area contributed by atoms with Crippen LogP contribution >= 0.6 is 12.4 Å². The Morgan fingerprint density at radius 1 is 1.32 bits per heavy atom. The molecule has 1 unspecified atom stereocenters. The topological polar surface area (TPSA) is 41.6 Å². The molecular weight excluding hydrogens is 264 g/mol. The van der Waals surface area contributed by atoms with Crippen LogP contribution in [0.15, 0.2) is 0 Å². The van der Waals surface area contributed by atoms with Gasteiger partial charge in [0.05, 0.1) is 0 Å². The number of amides is 1. The van der Waals surface area contributed by atoms with Gasteiger partial charge in [-0.15, -0.1) is 12.4 Å². The summed E-state index contributed by atoms with van der Waals surface area (Å²) in [5, 5.41) is 3.58. The molecule has 0 aliphatic carbocycles. The maximum absolute atomic E-state index is 11.9. The molecule has 1 amide bonds. The number of piperidine rings is 1. The molecule has 2 heterocycles. The van der Waals surface area contributed by atoms with Crippen molar-refractivity contribution in [1.29, 1.82) is 0 Å². The van der Waals surface area contributed by atoms with E-state index in [2.05, 4.69) is 12.2 Å². The molecule has 1 N–H and O–H groups in total. The molecule has 2 aliphatic rings. The van der Waals surface area contributed by atoms with E-state index < -0.39 is 0 Å². The number of hydrogen-bond acceptors (Lipinski definition) is 3. The van der Waals surface area contributed by atoms with Crippen molar-refractivity contribution in [3.05, 3.63) is 0 Å². The minimum absolute atomic E-state index is 0. The maximum atomic E-state index is 11.9. The van der Waals surface area contributed by atoms with Gasteiger partial charge in [0.2, 0.25) is 5.91 Å². The highest BCUT2D eigenvalue weighted by Crippen LogP contribution is 2.25. The number of carbonyl (C=O) groups is 1. The zero-order valence-electron chi connectivity index (χ0n) is 11.9. The Morgan fingerprint density at radius 3 is 2.63 bits per heavy atom.